The smallest absolute Gasteiger partial charge is 0.303 e. The fraction of sp³-hybridized carbons (Fsp3) is 0.467. The molecule has 0 radical (unpaired) electrons. The maximum atomic E-state index is 13.3. The van der Waals surface area contributed by atoms with Crippen molar-refractivity contribution in [2.24, 2.45) is 5.92 Å². The summed E-state index contributed by atoms with van der Waals surface area (Å²) >= 11 is 3.06. The van der Waals surface area contributed by atoms with Crippen molar-refractivity contribution in [3.63, 3.8) is 0 Å². The Kier molecular flexibility index (Phi) is 7.36. The normalized spacial score (nSPS) is 12.0. The summed E-state index contributed by atoms with van der Waals surface area (Å²) < 4.78 is 13.5. The summed E-state index contributed by atoms with van der Waals surface area (Å²) in [7, 11) is 0. The van der Waals surface area contributed by atoms with Crippen molar-refractivity contribution in [1.82, 2.24) is 5.32 Å². The van der Waals surface area contributed by atoms with Crippen molar-refractivity contribution in [2.75, 3.05) is 6.54 Å². The number of halogens is 2. The minimum Gasteiger partial charge on any atom is -0.481 e. The molecule has 0 aliphatic rings. The monoisotopic (exact) mass is 359 g/mol. The molecule has 21 heavy (non-hydrogen) atoms. The van der Waals surface area contributed by atoms with E-state index in [-0.39, 0.29) is 28.3 Å². The average Bonchev–Trinajstić information content (AvgIpc) is 2.45. The molecule has 116 valence electrons. The number of carboxylic acids is 1. The van der Waals surface area contributed by atoms with Gasteiger partial charge in [0.1, 0.15) is 5.82 Å². The Hall–Kier alpha value is -1.43. The van der Waals surface area contributed by atoms with Crippen molar-refractivity contribution >= 4 is 27.8 Å². The van der Waals surface area contributed by atoms with Crippen LogP contribution in [0.3, 0.4) is 0 Å². The van der Waals surface area contributed by atoms with Gasteiger partial charge in [0, 0.05) is 13.0 Å². The zero-order valence-corrected chi connectivity index (χ0v) is 13.5. The van der Waals surface area contributed by atoms with Crippen molar-refractivity contribution < 1.29 is 19.1 Å². The van der Waals surface area contributed by atoms with Gasteiger partial charge in [-0.05, 0) is 46.8 Å². The second-order valence-electron chi connectivity index (χ2n) is 4.85. The van der Waals surface area contributed by atoms with Crippen LogP contribution in [0.25, 0.3) is 0 Å². The van der Waals surface area contributed by atoms with Gasteiger partial charge in [-0.15, -0.1) is 0 Å². The highest BCUT2D eigenvalue weighted by Crippen LogP contribution is 2.20. The number of amides is 1. The molecule has 4 nitrogen and oxygen atoms in total. The van der Waals surface area contributed by atoms with E-state index in [1.807, 2.05) is 6.92 Å². The Bertz CT molecular complexity index is 508. The number of benzene rings is 1. The highest BCUT2D eigenvalue weighted by Gasteiger charge is 2.14. The highest BCUT2D eigenvalue weighted by molar-refractivity contribution is 9.10. The minimum absolute atomic E-state index is 0.141. The predicted octanol–water partition coefficient (Wildman–Crippen LogP) is 3.60. The van der Waals surface area contributed by atoms with Crippen LogP contribution in [0.4, 0.5) is 4.39 Å². The predicted molar refractivity (Wildman–Crippen MR) is 81.7 cm³/mol. The Morgan fingerprint density at radius 3 is 2.71 bits per heavy atom. The molecule has 0 saturated heterocycles. The van der Waals surface area contributed by atoms with E-state index in [1.54, 1.807) is 6.07 Å². The van der Waals surface area contributed by atoms with Gasteiger partial charge in [-0.3, -0.25) is 9.59 Å². The first-order valence-corrected chi connectivity index (χ1v) is 7.69. The molecule has 1 rings (SSSR count). The third-order valence-corrected chi connectivity index (χ3v) is 4.18. The molecule has 1 unspecified atom stereocenters. The number of carboxylic acid groups (broad SMARTS) is 1. The summed E-state index contributed by atoms with van der Waals surface area (Å²) in [4.78, 5) is 22.5. The molecule has 0 spiro atoms. The lowest BCUT2D eigenvalue weighted by Gasteiger charge is -2.14. The van der Waals surface area contributed by atoms with Gasteiger partial charge in [0.25, 0.3) is 5.91 Å². The molecule has 0 aromatic heterocycles. The van der Waals surface area contributed by atoms with E-state index in [2.05, 4.69) is 21.2 Å². The average molecular weight is 360 g/mol. The molecule has 0 aliphatic carbocycles. The molecule has 2 N–H and O–H groups in total. The third-order valence-electron chi connectivity index (χ3n) is 3.38. The van der Waals surface area contributed by atoms with E-state index in [1.165, 1.54) is 12.1 Å². The Balaban J connectivity index is 2.45. The van der Waals surface area contributed by atoms with Crippen LogP contribution in [-0.2, 0) is 4.79 Å². The quantitative estimate of drug-likeness (QED) is 0.745. The lowest BCUT2D eigenvalue weighted by molar-refractivity contribution is -0.137. The number of nitrogens with one attached hydrogen (secondary N) is 1. The van der Waals surface area contributed by atoms with Crippen LogP contribution in [-0.4, -0.2) is 23.5 Å². The summed E-state index contributed by atoms with van der Waals surface area (Å²) in [5, 5.41) is 11.4. The molecule has 0 saturated carbocycles. The maximum absolute atomic E-state index is 13.3. The third kappa shape index (κ3) is 5.83. The molecule has 1 amide bonds. The van der Waals surface area contributed by atoms with Crippen LogP contribution < -0.4 is 5.32 Å². The van der Waals surface area contributed by atoms with Crippen LogP contribution in [0.15, 0.2) is 22.7 Å². The molecule has 1 aromatic carbocycles. The largest absolute Gasteiger partial charge is 0.481 e. The first-order chi connectivity index (χ1) is 9.95. The van der Waals surface area contributed by atoms with Gasteiger partial charge in [0.15, 0.2) is 0 Å². The van der Waals surface area contributed by atoms with Crippen molar-refractivity contribution in [3.05, 3.63) is 34.1 Å². The number of aliphatic carboxylic acids is 1. The number of rotatable bonds is 8. The van der Waals surface area contributed by atoms with E-state index < -0.39 is 11.8 Å². The van der Waals surface area contributed by atoms with Gasteiger partial charge >= 0.3 is 5.97 Å². The van der Waals surface area contributed by atoms with Crippen LogP contribution in [0, 0.1) is 11.7 Å². The molecule has 1 atom stereocenters. The molecular weight excluding hydrogens is 341 g/mol. The Labute approximate surface area is 131 Å². The fourth-order valence-electron chi connectivity index (χ4n) is 2.04. The summed E-state index contributed by atoms with van der Waals surface area (Å²) in [5.41, 5.74) is 0.258. The van der Waals surface area contributed by atoms with Gasteiger partial charge in [0.05, 0.1) is 10.0 Å². The molecule has 0 aliphatic heterocycles. The second kappa shape index (κ2) is 8.77. The van der Waals surface area contributed by atoms with Crippen LogP contribution >= 0.6 is 15.9 Å². The maximum Gasteiger partial charge on any atom is 0.303 e. The number of hydrogen-bond donors (Lipinski definition) is 2. The number of carbonyl (C=O) groups is 2. The van der Waals surface area contributed by atoms with E-state index in [9.17, 15) is 14.0 Å². The minimum atomic E-state index is -0.804. The number of carbonyl (C=O) groups excluding carboxylic acids is 1. The van der Waals surface area contributed by atoms with E-state index in [4.69, 9.17) is 5.11 Å². The summed E-state index contributed by atoms with van der Waals surface area (Å²) in [6, 6.07) is 4.31. The van der Waals surface area contributed by atoms with Crippen LogP contribution in [0.2, 0.25) is 0 Å². The van der Waals surface area contributed by atoms with E-state index in [0.717, 1.165) is 6.42 Å². The van der Waals surface area contributed by atoms with Gasteiger partial charge in [0.2, 0.25) is 0 Å². The molecule has 6 heteroatoms. The summed E-state index contributed by atoms with van der Waals surface area (Å²) in [6.45, 7) is 2.44. The van der Waals surface area contributed by atoms with E-state index in [0.29, 0.717) is 19.4 Å². The zero-order valence-electron chi connectivity index (χ0n) is 11.9. The number of hydrogen-bond acceptors (Lipinski definition) is 2. The Morgan fingerprint density at radius 1 is 1.38 bits per heavy atom. The Morgan fingerprint density at radius 2 is 2.10 bits per heavy atom. The summed E-state index contributed by atoms with van der Waals surface area (Å²) in [6.07, 6.45) is 2.32. The van der Waals surface area contributed by atoms with Gasteiger partial charge in [-0.2, -0.15) is 0 Å². The second-order valence-corrected chi connectivity index (χ2v) is 5.65. The molecule has 0 bridgehead atoms. The standard InChI is InChI=1S/C15H19BrFNO3/c1-2-10(6-7-13(19)20)8-9-18-15(21)11-4-3-5-12(17)14(11)16/h3-5,10H,2,6-9H2,1H3,(H,18,21)(H,19,20). The van der Waals surface area contributed by atoms with Crippen molar-refractivity contribution in [2.45, 2.75) is 32.6 Å². The first kappa shape index (κ1) is 17.6. The van der Waals surface area contributed by atoms with Gasteiger partial charge in [-0.1, -0.05) is 19.4 Å². The molecule has 0 heterocycles. The fourth-order valence-corrected chi connectivity index (χ4v) is 2.49. The zero-order chi connectivity index (χ0) is 15.8. The van der Waals surface area contributed by atoms with E-state index >= 15 is 0 Å². The lowest BCUT2D eigenvalue weighted by Crippen LogP contribution is -2.26. The SMILES string of the molecule is CCC(CCNC(=O)c1cccc(F)c1Br)CCC(=O)O. The molecular formula is C15H19BrFNO3. The van der Waals surface area contributed by atoms with Crippen LogP contribution in [0.1, 0.15) is 43.0 Å². The highest BCUT2D eigenvalue weighted by atomic mass is 79.9. The van der Waals surface area contributed by atoms with Gasteiger partial charge < -0.3 is 10.4 Å². The van der Waals surface area contributed by atoms with Gasteiger partial charge in [-0.25, -0.2) is 4.39 Å². The summed E-state index contributed by atoms with van der Waals surface area (Å²) in [5.74, 6) is -1.36. The van der Waals surface area contributed by atoms with Crippen LogP contribution in [0.5, 0.6) is 0 Å². The molecule has 0 fully saturated rings. The lowest BCUT2D eigenvalue weighted by atomic mass is 9.96. The van der Waals surface area contributed by atoms with Crippen molar-refractivity contribution in [1.29, 1.82) is 0 Å². The molecule has 1 aromatic rings. The topological polar surface area (TPSA) is 66.4 Å². The first-order valence-electron chi connectivity index (χ1n) is 6.89. The van der Waals surface area contributed by atoms with Crippen molar-refractivity contribution in [3.8, 4) is 0 Å².